The number of aryl methyl sites for hydroxylation is 1. The summed E-state index contributed by atoms with van der Waals surface area (Å²) in [5.41, 5.74) is 1.01. The van der Waals surface area contributed by atoms with Gasteiger partial charge < -0.3 is 4.42 Å². The topological polar surface area (TPSA) is 26.0 Å². The van der Waals surface area contributed by atoms with Crippen molar-refractivity contribution < 1.29 is 4.42 Å². The molecular formula is C7H9I2NO. The molecule has 0 fully saturated rings. The maximum Gasteiger partial charge on any atom is 0.181 e. The molecule has 0 radical (unpaired) electrons. The molecule has 0 saturated carbocycles. The Morgan fingerprint density at radius 3 is 3.00 bits per heavy atom. The van der Waals surface area contributed by atoms with Crippen LogP contribution in [0.2, 0.25) is 0 Å². The molecule has 0 amide bonds. The van der Waals surface area contributed by atoms with E-state index in [2.05, 4.69) is 15.9 Å². The summed E-state index contributed by atoms with van der Waals surface area (Å²) in [6, 6.07) is 0. The zero-order chi connectivity index (χ0) is 8.10. The lowest BCUT2D eigenvalue weighted by molar-refractivity contribution is 0.551. The van der Waals surface area contributed by atoms with E-state index >= 15 is 0 Å². The first-order valence-electron chi connectivity index (χ1n) is 2.99. The normalized spacial score (nSPS) is 13.3. The average molecular weight is 377 g/mol. The lowest BCUT2D eigenvalue weighted by Gasteiger charge is -1.81. The van der Waals surface area contributed by atoms with Crippen molar-refractivity contribution in [1.29, 1.82) is 0 Å². The first-order chi connectivity index (χ1) is 5.34. The number of oxazole rings is 1. The van der Waals surface area contributed by atoms with E-state index in [1.54, 1.807) is 0 Å². The lowest BCUT2D eigenvalue weighted by Crippen LogP contribution is -1.77. The van der Waals surface area contributed by atoms with Crippen LogP contribution in [0, 0.1) is 6.92 Å². The van der Waals surface area contributed by atoms with Gasteiger partial charge in [-0.1, -0.05) is 20.7 Å². The molecule has 2 nitrogen and oxygen atoms in total. The summed E-state index contributed by atoms with van der Waals surface area (Å²) >= 11 is 0.465. The maximum absolute atomic E-state index is 5.16. The van der Waals surface area contributed by atoms with Crippen molar-refractivity contribution in [3.8, 4) is 0 Å². The van der Waals surface area contributed by atoms with E-state index in [-0.39, 0.29) is 20.7 Å². The van der Waals surface area contributed by atoms with E-state index in [1.807, 2.05) is 6.92 Å². The summed E-state index contributed by atoms with van der Waals surface area (Å²) in [6.07, 6.45) is 1.51. The fourth-order valence-electron chi connectivity index (χ4n) is 0.544. The molecule has 0 spiro atoms. The van der Waals surface area contributed by atoms with Crippen molar-refractivity contribution in [3.63, 3.8) is 0 Å². The summed E-state index contributed by atoms with van der Waals surface area (Å²) in [5, 5.41) is 0. The van der Waals surface area contributed by atoms with E-state index in [4.69, 9.17) is 4.42 Å². The van der Waals surface area contributed by atoms with Gasteiger partial charge in [0.2, 0.25) is 0 Å². The van der Waals surface area contributed by atoms with Gasteiger partial charge in [0.05, 0.1) is 5.69 Å². The molecule has 0 atom stereocenters. The second-order valence-electron chi connectivity index (χ2n) is 1.84. The van der Waals surface area contributed by atoms with Crippen LogP contribution in [0.15, 0.2) is 10.8 Å². The lowest BCUT2D eigenvalue weighted by atomic mass is 10.4. The second kappa shape index (κ2) is 5.13. The van der Waals surface area contributed by atoms with Crippen LogP contribution in [0.1, 0.15) is 11.5 Å². The maximum atomic E-state index is 5.16. The fraction of sp³-hybridized carbons (Fsp3) is 0.286. The Morgan fingerprint density at radius 1 is 1.64 bits per heavy atom. The van der Waals surface area contributed by atoms with Gasteiger partial charge in [-0.25, -0.2) is 4.98 Å². The Balaban J connectivity index is 2.71. The minimum absolute atomic E-state index is 0.121. The molecule has 0 aliphatic carbocycles. The number of halogens is 2. The van der Waals surface area contributed by atoms with Gasteiger partial charge in [-0.2, -0.15) is 0 Å². The molecule has 11 heavy (non-hydrogen) atoms. The third-order valence-corrected chi connectivity index (χ3v) is 7.72. The first kappa shape index (κ1) is 9.50. The summed E-state index contributed by atoms with van der Waals surface area (Å²) in [5.74, 6) is 0.964. The molecule has 0 aromatic carbocycles. The minimum Gasteiger partial charge on any atom is -0.443 e. The molecule has 0 aliphatic heterocycles. The van der Waals surface area contributed by atoms with Gasteiger partial charge >= 0.3 is 0 Å². The number of nitrogens with zero attached hydrogens (tertiary/aromatic N) is 1. The predicted molar refractivity (Wildman–Crippen MR) is 66.4 cm³/mol. The molecule has 0 N–H and O–H groups in total. The molecule has 0 saturated heterocycles. The summed E-state index contributed by atoms with van der Waals surface area (Å²) in [6.45, 7) is 1.97. The van der Waals surface area contributed by atoms with Gasteiger partial charge in [0.15, 0.2) is 12.2 Å². The van der Waals surface area contributed by atoms with E-state index in [0.717, 1.165) is 11.5 Å². The Labute approximate surface area is 85.9 Å². The molecule has 1 rings (SSSR count). The van der Waals surface area contributed by atoms with E-state index < -0.39 is 0 Å². The Bertz CT molecular complexity index is 278. The molecule has 0 aliphatic rings. The SMILES string of the molecule is CI=CI=Cc1ocnc1C. The van der Waals surface area contributed by atoms with Gasteiger partial charge in [-0.3, -0.25) is 0 Å². The van der Waals surface area contributed by atoms with Crippen LogP contribution >= 0.6 is 41.5 Å². The number of alkyl halides is 1. The molecule has 1 aromatic heterocycles. The highest BCUT2D eigenvalue weighted by Gasteiger charge is 1.95. The van der Waals surface area contributed by atoms with Crippen LogP contribution in [0.4, 0.5) is 0 Å². The van der Waals surface area contributed by atoms with Crippen LogP contribution in [-0.4, -0.2) is 15.9 Å². The van der Waals surface area contributed by atoms with Crippen molar-refractivity contribution in [2.24, 2.45) is 0 Å². The number of aromatic nitrogens is 1. The highest BCUT2D eigenvalue weighted by Crippen LogP contribution is 2.06. The van der Waals surface area contributed by atoms with Crippen LogP contribution < -0.4 is 0 Å². The van der Waals surface area contributed by atoms with E-state index in [0.29, 0.717) is 20.7 Å². The highest BCUT2D eigenvalue weighted by molar-refractivity contribution is 14.3. The number of rotatable bonds is 2. The standard InChI is InChI=1S/C7H9I2NO/c1-6-7(11-5-10-6)3-9-4-8-2/h3-5H,1-2H3. The first-order valence-corrected chi connectivity index (χ1v) is 8.89. The van der Waals surface area contributed by atoms with Crippen LogP contribution in [0.5, 0.6) is 0 Å². The largest absolute Gasteiger partial charge is 0.443 e. The van der Waals surface area contributed by atoms with Crippen molar-refractivity contribution in [3.05, 3.63) is 17.8 Å². The second-order valence-corrected chi connectivity index (χ2v) is 8.05. The smallest absolute Gasteiger partial charge is 0.181 e. The Kier molecular flexibility index (Phi) is 4.43. The van der Waals surface area contributed by atoms with Gasteiger partial charge in [-0.05, 0) is 11.9 Å². The number of hydrogen-bond acceptors (Lipinski definition) is 2. The van der Waals surface area contributed by atoms with Gasteiger partial charge in [0.1, 0.15) is 0 Å². The molecule has 1 aromatic rings. The van der Waals surface area contributed by atoms with Gasteiger partial charge in [0, 0.05) is 6.03 Å². The summed E-state index contributed by atoms with van der Waals surface area (Å²) in [7, 11) is 0. The van der Waals surface area contributed by atoms with Gasteiger partial charge in [-0.15, -0.1) is 20.7 Å². The predicted octanol–water partition coefficient (Wildman–Crippen LogP) is 2.46. The van der Waals surface area contributed by atoms with Gasteiger partial charge in [0.25, 0.3) is 0 Å². The monoisotopic (exact) mass is 377 g/mol. The highest BCUT2D eigenvalue weighted by atomic mass is 127. The molecular weight excluding hydrogens is 368 g/mol. The van der Waals surface area contributed by atoms with Crippen molar-refractivity contribution >= 4 is 47.5 Å². The van der Waals surface area contributed by atoms with Crippen molar-refractivity contribution in [2.45, 2.75) is 6.92 Å². The van der Waals surface area contributed by atoms with Crippen molar-refractivity contribution in [2.75, 3.05) is 4.93 Å². The Hall–Kier alpha value is 0.410. The zero-order valence-electron chi connectivity index (χ0n) is 6.34. The molecule has 62 valence electrons. The van der Waals surface area contributed by atoms with E-state index in [1.165, 1.54) is 6.39 Å². The molecule has 0 unspecified atom stereocenters. The van der Waals surface area contributed by atoms with Crippen LogP contribution in [0.25, 0.3) is 0 Å². The van der Waals surface area contributed by atoms with Crippen LogP contribution in [-0.2, 0) is 0 Å². The van der Waals surface area contributed by atoms with Crippen molar-refractivity contribution in [1.82, 2.24) is 4.98 Å². The molecule has 1 heterocycles. The van der Waals surface area contributed by atoms with E-state index in [9.17, 15) is 0 Å². The van der Waals surface area contributed by atoms with Crippen LogP contribution in [0.3, 0.4) is 0 Å². The zero-order valence-corrected chi connectivity index (χ0v) is 10.7. The number of hydrogen-bond donors (Lipinski definition) is 0. The third-order valence-electron chi connectivity index (χ3n) is 1.07. The fourth-order valence-corrected chi connectivity index (χ4v) is 4.61. The quantitative estimate of drug-likeness (QED) is 0.585. The Morgan fingerprint density at radius 2 is 2.45 bits per heavy atom. The molecule has 4 heteroatoms. The average Bonchev–Trinajstić information content (AvgIpc) is 2.37. The minimum atomic E-state index is 0.121. The third kappa shape index (κ3) is 3.10. The summed E-state index contributed by atoms with van der Waals surface area (Å²) in [4.78, 5) is 6.27. The molecule has 0 bridgehead atoms. The summed E-state index contributed by atoms with van der Waals surface area (Å²) < 4.78 is 9.77.